The standard InChI is InChI=1S/C15H21NO3.Li/c1-12(18)16-9-7-14(8-10-16)19-15(11-17)13-5-3-2-4-6-13;/h2-6,14-15,17H,7-11H2,1H3;. The first-order valence-electron chi connectivity index (χ1n) is 6.77. The van der Waals surface area contributed by atoms with Gasteiger partial charge < -0.3 is 14.7 Å². The summed E-state index contributed by atoms with van der Waals surface area (Å²) in [6.45, 7) is 3.07. The molecule has 1 saturated heterocycles. The second-order valence-electron chi connectivity index (χ2n) is 4.92. The molecule has 1 aliphatic rings. The van der Waals surface area contributed by atoms with Crippen molar-refractivity contribution in [3.63, 3.8) is 0 Å². The quantitative estimate of drug-likeness (QED) is 0.841. The molecule has 1 amide bonds. The predicted octanol–water partition coefficient (Wildman–Crippen LogP) is 1.37. The molecule has 1 N–H and O–H groups in total. The third-order valence-electron chi connectivity index (χ3n) is 3.58. The van der Waals surface area contributed by atoms with Crippen molar-refractivity contribution in [1.29, 1.82) is 0 Å². The summed E-state index contributed by atoms with van der Waals surface area (Å²) in [6.07, 6.45) is 1.52. The first-order chi connectivity index (χ1) is 9.20. The summed E-state index contributed by atoms with van der Waals surface area (Å²) in [7, 11) is 0. The number of aliphatic hydroxyl groups is 1. The molecule has 1 heterocycles. The van der Waals surface area contributed by atoms with Crippen LogP contribution in [0.5, 0.6) is 0 Å². The minimum Gasteiger partial charge on any atom is -0.393 e. The van der Waals surface area contributed by atoms with E-state index in [0.29, 0.717) is 0 Å². The smallest absolute Gasteiger partial charge is 0.219 e. The molecule has 4 nitrogen and oxygen atoms in total. The largest absolute Gasteiger partial charge is 0.393 e. The Morgan fingerprint density at radius 2 is 1.95 bits per heavy atom. The Hall–Kier alpha value is -0.793. The van der Waals surface area contributed by atoms with Gasteiger partial charge in [-0.15, -0.1) is 0 Å². The molecule has 1 aromatic carbocycles. The van der Waals surface area contributed by atoms with Crippen molar-refractivity contribution in [1.82, 2.24) is 4.90 Å². The van der Waals surface area contributed by atoms with E-state index in [4.69, 9.17) is 4.74 Å². The monoisotopic (exact) mass is 270 g/mol. The zero-order chi connectivity index (χ0) is 13.7. The number of rotatable bonds is 4. The van der Waals surface area contributed by atoms with E-state index in [1.807, 2.05) is 35.2 Å². The van der Waals surface area contributed by atoms with E-state index in [-0.39, 0.29) is 43.6 Å². The molecule has 20 heavy (non-hydrogen) atoms. The first kappa shape index (κ1) is 17.3. The molecule has 1 aliphatic heterocycles. The van der Waals surface area contributed by atoms with Crippen LogP contribution in [0.3, 0.4) is 0 Å². The number of carbonyl (C=O) groups excluding carboxylic acids is 1. The van der Waals surface area contributed by atoms with Crippen LogP contribution in [0, 0.1) is 0 Å². The number of carbonyl (C=O) groups is 1. The summed E-state index contributed by atoms with van der Waals surface area (Å²) in [6, 6.07) is 9.76. The molecule has 0 spiro atoms. The van der Waals surface area contributed by atoms with Crippen LogP contribution in [-0.2, 0) is 9.53 Å². The zero-order valence-electron chi connectivity index (χ0n) is 12.3. The average Bonchev–Trinajstić information content (AvgIpc) is 2.46. The molecule has 105 valence electrons. The minimum atomic E-state index is -0.268. The van der Waals surface area contributed by atoms with E-state index in [1.54, 1.807) is 6.92 Å². The third-order valence-corrected chi connectivity index (χ3v) is 3.58. The normalized spacial score (nSPS) is 17.4. The number of nitrogens with zero attached hydrogens (tertiary/aromatic N) is 1. The summed E-state index contributed by atoms with van der Waals surface area (Å²) in [5.41, 5.74) is 0.999. The number of likely N-dealkylation sites (tertiary alicyclic amines) is 1. The van der Waals surface area contributed by atoms with Crippen molar-refractivity contribution in [2.75, 3.05) is 19.7 Å². The van der Waals surface area contributed by atoms with Crippen molar-refractivity contribution in [3.05, 3.63) is 35.9 Å². The van der Waals surface area contributed by atoms with Gasteiger partial charge in [0, 0.05) is 38.9 Å². The summed E-state index contributed by atoms with van der Waals surface area (Å²) in [4.78, 5) is 13.1. The molecular formula is C15H21LiNO3. The maximum Gasteiger partial charge on any atom is 0.219 e. The van der Waals surface area contributed by atoms with Crippen LogP contribution >= 0.6 is 0 Å². The molecular weight excluding hydrogens is 249 g/mol. The van der Waals surface area contributed by atoms with Crippen LogP contribution in [-0.4, -0.2) is 60.6 Å². The number of hydrogen-bond donors (Lipinski definition) is 1. The van der Waals surface area contributed by atoms with Gasteiger partial charge in [0.2, 0.25) is 5.91 Å². The molecule has 2 rings (SSSR count). The molecule has 1 fully saturated rings. The van der Waals surface area contributed by atoms with E-state index in [0.717, 1.165) is 31.5 Å². The Kier molecular flexibility index (Phi) is 7.32. The molecule has 5 heteroatoms. The molecule has 0 aliphatic carbocycles. The van der Waals surface area contributed by atoms with E-state index in [2.05, 4.69) is 0 Å². The van der Waals surface area contributed by atoms with Crippen LogP contribution in [0.2, 0.25) is 0 Å². The van der Waals surface area contributed by atoms with Crippen LogP contribution in [0.15, 0.2) is 30.3 Å². The van der Waals surface area contributed by atoms with Gasteiger partial charge >= 0.3 is 0 Å². The van der Waals surface area contributed by atoms with Crippen molar-refractivity contribution in [2.45, 2.75) is 32.0 Å². The Morgan fingerprint density at radius 3 is 2.45 bits per heavy atom. The Balaban J connectivity index is 0.00000200. The number of aliphatic hydroxyl groups excluding tert-OH is 1. The molecule has 0 bridgehead atoms. The second kappa shape index (κ2) is 8.48. The first-order valence-corrected chi connectivity index (χ1v) is 6.77. The van der Waals surface area contributed by atoms with Crippen molar-refractivity contribution >= 4 is 24.8 Å². The van der Waals surface area contributed by atoms with E-state index in [9.17, 15) is 9.90 Å². The number of benzene rings is 1. The maximum absolute atomic E-state index is 11.3. The van der Waals surface area contributed by atoms with Gasteiger partial charge in [0.1, 0.15) is 6.10 Å². The third kappa shape index (κ3) is 4.64. The van der Waals surface area contributed by atoms with Crippen LogP contribution in [0.25, 0.3) is 0 Å². The molecule has 1 aromatic rings. The minimum absolute atomic E-state index is 0. The fourth-order valence-electron chi connectivity index (χ4n) is 2.43. The van der Waals surface area contributed by atoms with Gasteiger partial charge in [0.05, 0.1) is 12.7 Å². The van der Waals surface area contributed by atoms with Crippen molar-refractivity contribution in [2.24, 2.45) is 0 Å². The number of amides is 1. The van der Waals surface area contributed by atoms with Gasteiger partial charge in [-0.2, -0.15) is 0 Å². The molecule has 0 aromatic heterocycles. The topological polar surface area (TPSA) is 49.8 Å². The van der Waals surface area contributed by atoms with E-state index in [1.165, 1.54) is 0 Å². The Labute approximate surface area is 132 Å². The number of hydrogen-bond acceptors (Lipinski definition) is 3. The summed E-state index contributed by atoms with van der Waals surface area (Å²) < 4.78 is 5.97. The summed E-state index contributed by atoms with van der Waals surface area (Å²) in [5, 5.41) is 9.46. The van der Waals surface area contributed by atoms with Crippen molar-refractivity contribution in [3.8, 4) is 0 Å². The van der Waals surface area contributed by atoms with Gasteiger partial charge in [0.25, 0.3) is 0 Å². The number of piperidine rings is 1. The molecule has 1 atom stereocenters. The summed E-state index contributed by atoms with van der Waals surface area (Å²) >= 11 is 0. The number of ether oxygens (including phenoxy) is 1. The van der Waals surface area contributed by atoms with Crippen LogP contribution in [0.4, 0.5) is 0 Å². The maximum atomic E-state index is 11.3. The van der Waals surface area contributed by atoms with Gasteiger partial charge in [-0.1, -0.05) is 30.3 Å². The SMILES string of the molecule is CC(=O)N1CCC(OC(CO)c2ccccc2)CC1.[Li]. The van der Waals surface area contributed by atoms with Gasteiger partial charge in [-0.05, 0) is 18.4 Å². The molecule has 1 unspecified atom stereocenters. The fourth-order valence-corrected chi connectivity index (χ4v) is 2.43. The molecule has 0 saturated carbocycles. The van der Waals surface area contributed by atoms with Crippen LogP contribution < -0.4 is 0 Å². The van der Waals surface area contributed by atoms with Gasteiger partial charge in [-0.25, -0.2) is 0 Å². The summed E-state index contributed by atoms with van der Waals surface area (Å²) in [5.74, 6) is 0.125. The van der Waals surface area contributed by atoms with Crippen LogP contribution in [0.1, 0.15) is 31.4 Å². The van der Waals surface area contributed by atoms with Crippen molar-refractivity contribution < 1.29 is 14.6 Å². The van der Waals surface area contributed by atoms with Gasteiger partial charge in [-0.3, -0.25) is 4.79 Å². The van der Waals surface area contributed by atoms with E-state index >= 15 is 0 Å². The average molecular weight is 270 g/mol. The molecule has 1 radical (unpaired) electrons. The van der Waals surface area contributed by atoms with Gasteiger partial charge in [0.15, 0.2) is 0 Å². The predicted molar refractivity (Wildman–Crippen MR) is 78.4 cm³/mol. The Morgan fingerprint density at radius 1 is 1.35 bits per heavy atom. The second-order valence-corrected chi connectivity index (χ2v) is 4.92. The van der Waals surface area contributed by atoms with E-state index < -0.39 is 0 Å². The Bertz CT molecular complexity index is 405. The fraction of sp³-hybridized carbons (Fsp3) is 0.533. The zero-order valence-corrected chi connectivity index (χ0v) is 12.3.